The lowest BCUT2D eigenvalue weighted by Gasteiger charge is -2.18. The van der Waals surface area contributed by atoms with Crippen LogP contribution in [0, 0.1) is 17.9 Å². The van der Waals surface area contributed by atoms with Gasteiger partial charge in [-0.3, -0.25) is 9.97 Å². The van der Waals surface area contributed by atoms with Gasteiger partial charge < -0.3 is 0 Å². The van der Waals surface area contributed by atoms with E-state index in [0.717, 1.165) is 66.1 Å². The predicted octanol–water partition coefficient (Wildman–Crippen LogP) is 9.87. The molecule has 0 unspecified atom stereocenters. The Kier molecular flexibility index (Phi) is 6.21. The molecule has 0 spiro atoms. The van der Waals surface area contributed by atoms with Crippen LogP contribution < -0.4 is 0 Å². The van der Waals surface area contributed by atoms with E-state index in [2.05, 4.69) is 93.7 Å². The van der Waals surface area contributed by atoms with E-state index in [1.54, 1.807) is 36.9 Å². The van der Waals surface area contributed by atoms with Crippen molar-refractivity contribution in [3.05, 3.63) is 151 Å². The number of rotatable bonds is 4. The largest absolute Gasteiger partial charge is 0.267 e. The van der Waals surface area contributed by atoms with Gasteiger partial charge in [-0.05, 0) is 79.2 Å². The summed E-state index contributed by atoms with van der Waals surface area (Å²) in [7, 11) is 0. The molecule has 0 amide bonds. The van der Waals surface area contributed by atoms with Gasteiger partial charge in [0.25, 0.3) is 0 Å². The van der Waals surface area contributed by atoms with Crippen LogP contribution in [0.3, 0.4) is 0 Å². The summed E-state index contributed by atoms with van der Waals surface area (Å²) in [6, 6.07) is 39.6. The van der Waals surface area contributed by atoms with Gasteiger partial charge in [-0.25, -0.2) is 4.85 Å². The van der Waals surface area contributed by atoms with E-state index in [0.29, 0.717) is 11.3 Å². The summed E-state index contributed by atoms with van der Waals surface area (Å²) in [5, 5.41) is 14.3. The fourth-order valence-corrected chi connectivity index (χ4v) is 5.86. The third-order valence-electron chi connectivity index (χ3n) is 7.72. The minimum absolute atomic E-state index is 0.584. The van der Waals surface area contributed by atoms with Gasteiger partial charge >= 0.3 is 0 Å². The van der Waals surface area contributed by atoms with E-state index in [1.807, 2.05) is 24.3 Å². The molecular formula is C38H22N4. The smallest absolute Gasteiger partial charge is 0.197 e. The monoisotopic (exact) mass is 534 g/mol. The summed E-state index contributed by atoms with van der Waals surface area (Å²) in [6.07, 6.45) is 6.83. The number of benzene rings is 5. The minimum Gasteiger partial charge on any atom is -0.267 e. The second kappa shape index (κ2) is 10.5. The first-order valence-electron chi connectivity index (χ1n) is 13.6. The van der Waals surface area contributed by atoms with Gasteiger partial charge in [0.2, 0.25) is 0 Å². The Morgan fingerprint density at radius 1 is 0.548 bits per heavy atom. The van der Waals surface area contributed by atoms with E-state index < -0.39 is 0 Å². The van der Waals surface area contributed by atoms with Gasteiger partial charge in [0, 0.05) is 35.9 Å². The van der Waals surface area contributed by atoms with Crippen molar-refractivity contribution in [2.75, 3.05) is 0 Å². The van der Waals surface area contributed by atoms with E-state index in [9.17, 15) is 5.26 Å². The Hall–Kier alpha value is -6.10. The first kappa shape index (κ1) is 24.9. The molecule has 194 valence electrons. The Balaban J connectivity index is 1.50. The molecule has 0 aliphatic rings. The van der Waals surface area contributed by atoms with Crippen molar-refractivity contribution < 1.29 is 0 Å². The van der Waals surface area contributed by atoms with Crippen LogP contribution >= 0.6 is 0 Å². The Bertz CT molecular complexity index is 2020. The van der Waals surface area contributed by atoms with Crippen LogP contribution in [0.4, 0.5) is 5.69 Å². The number of pyridine rings is 2. The number of aromatic nitrogens is 2. The molecule has 0 saturated heterocycles. The summed E-state index contributed by atoms with van der Waals surface area (Å²) in [4.78, 5) is 12.3. The summed E-state index contributed by atoms with van der Waals surface area (Å²) in [5.41, 5.74) is 9.18. The highest BCUT2D eigenvalue weighted by Crippen LogP contribution is 2.45. The van der Waals surface area contributed by atoms with Crippen molar-refractivity contribution in [2.24, 2.45) is 0 Å². The van der Waals surface area contributed by atoms with Gasteiger partial charge in [-0.15, -0.1) is 0 Å². The van der Waals surface area contributed by atoms with Crippen LogP contribution in [-0.2, 0) is 0 Å². The maximum absolute atomic E-state index is 9.71. The molecule has 7 rings (SSSR count). The van der Waals surface area contributed by atoms with Crippen molar-refractivity contribution in [1.82, 2.24) is 9.97 Å². The summed E-state index contributed by atoms with van der Waals surface area (Å²) in [6.45, 7) is 7.64. The zero-order valence-electron chi connectivity index (χ0n) is 22.5. The summed E-state index contributed by atoms with van der Waals surface area (Å²) < 4.78 is 0. The van der Waals surface area contributed by atoms with Crippen LogP contribution in [0.1, 0.15) is 5.56 Å². The molecule has 0 saturated carbocycles. The molecule has 2 aromatic heterocycles. The third kappa shape index (κ3) is 4.16. The molecule has 0 radical (unpaired) electrons. The molecule has 0 bridgehead atoms. The summed E-state index contributed by atoms with van der Waals surface area (Å²) >= 11 is 0. The molecule has 5 aromatic carbocycles. The molecule has 0 atom stereocenters. The van der Waals surface area contributed by atoms with Crippen molar-refractivity contribution in [1.29, 1.82) is 5.26 Å². The lowest BCUT2D eigenvalue weighted by atomic mass is 9.85. The van der Waals surface area contributed by atoms with E-state index in [4.69, 9.17) is 6.57 Å². The number of nitriles is 1. The van der Waals surface area contributed by atoms with Gasteiger partial charge in [0.15, 0.2) is 5.69 Å². The van der Waals surface area contributed by atoms with Crippen molar-refractivity contribution >= 4 is 27.2 Å². The molecule has 0 N–H and O–H groups in total. The highest BCUT2D eigenvalue weighted by atomic mass is 14.7. The molecule has 2 heterocycles. The highest BCUT2D eigenvalue weighted by Gasteiger charge is 2.18. The van der Waals surface area contributed by atoms with Gasteiger partial charge in [-0.1, -0.05) is 84.9 Å². The van der Waals surface area contributed by atoms with E-state index >= 15 is 0 Å². The topological polar surface area (TPSA) is 53.9 Å². The normalized spacial score (nSPS) is 10.8. The van der Waals surface area contributed by atoms with Crippen molar-refractivity contribution in [3.63, 3.8) is 0 Å². The van der Waals surface area contributed by atoms with Gasteiger partial charge in [0.05, 0.1) is 18.2 Å². The van der Waals surface area contributed by atoms with Crippen LogP contribution in [0.25, 0.3) is 70.9 Å². The number of fused-ring (bicyclic) bond motifs is 2. The molecule has 4 nitrogen and oxygen atoms in total. The first-order valence-corrected chi connectivity index (χ1v) is 13.6. The lowest BCUT2D eigenvalue weighted by Crippen LogP contribution is -1.92. The number of nitrogens with zero attached hydrogens (tertiary/aromatic N) is 4. The lowest BCUT2D eigenvalue weighted by molar-refractivity contribution is 1.31. The number of hydrogen-bond donors (Lipinski definition) is 0. The zero-order valence-corrected chi connectivity index (χ0v) is 22.5. The Labute approximate surface area is 243 Å². The molecule has 0 fully saturated rings. The number of hydrogen-bond acceptors (Lipinski definition) is 3. The Morgan fingerprint density at radius 2 is 1.02 bits per heavy atom. The first-order chi connectivity index (χ1) is 20.8. The second-order valence-corrected chi connectivity index (χ2v) is 10.0. The predicted molar refractivity (Wildman–Crippen MR) is 170 cm³/mol. The van der Waals surface area contributed by atoms with Crippen molar-refractivity contribution in [3.8, 4) is 50.6 Å². The second-order valence-electron chi connectivity index (χ2n) is 10.0. The molecule has 0 aliphatic carbocycles. The average molecular weight is 535 g/mol. The maximum atomic E-state index is 9.71. The molecular weight excluding hydrogens is 512 g/mol. The quantitative estimate of drug-likeness (QED) is 0.167. The average Bonchev–Trinajstić information content (AvgIpc) is 3.07. The highest BCUT2D eigenvalue weighted by molar-refractivity contribution is 6.21. The maximum Gasteiger partial charge on any atom is 0.197 e. The van der Waals surface area contributed by atoms with Crippen LogP contribution in [0.15, 0.2) is 134 Å². The molecule has 4 heteroatoms. The van der Waals surface area contributed by atoms with Crippen LogP contribution in [0.2, 0.25) is 0 Å². The van der Waals surface area contributed by atoms with Crippen LogP contribution in [0.5, 0.6) is 0 Å². The van der Waals surface area contributed by atoms with Crippen LogP contribution in [-0.4, -0.2) is 9.97 Å². The third-order valence-corrected chi connectivity index (χ3v) is 7.72. The Morgan fingerprint density at radius 3 is 1.55 bits per heavy atom. The molecule has 42 heavy (non-hydrogen) atoms. The molecule has 7 aromatic rings. The van der Waals surface area contributed by atoms with E-state index in [1.165, 1.54) is 0 Å². The fourth-order valence-electron chi connectivity index (χ4n) is 5.86. The fraction of sp³-hybridized carbons (Fsp3) is 0. The summed E-state index contributed by atoms with van der Waals surface area (Å²) in [5.74, 6) is 0. The van der Waals surface area contributed by atoms with Crippen molar-refractivity contribution in [2.45, 2.75) is 0 Å². The minimum atomic E-state index is 0.584. The standard InChI is InChI=1S/C38H22N4/c1-40-36-17-19-42-24-35(36)26-9-7-11-28(21-26)38-32-14-4-2-12-30(32)37(31-13-3-5-15-33(31)38)27-10-6-8-25(20-27)34-23-41-18-16-29(34)22-39/h2-21,23-24H. The SMILES string of the molecule is [C-]#[N+]c1ccncc1-c1cccc(-c2c3ccccc3c(-c3cccc(-c4cnccc4C#N)c3)c3ccccc23)c1. The van der Waals surface area contributed by atoms with E-state index in [-0.39, 0.29) is 0 Å². The van der Waals surface area contributed by atoms with Gasteiger partial charge in [0.1, 0.15) is 0 Å². The van der Waals surface area contributed by atoms with Gasteiger partial charge in [-0.2, -0.15) is 5.26 Å². The zero-order chi connectivity index (χ0) is 28.5. The molecule has 0 aliphatic heterocycles.